The lowest BCUT2D eigenvalue weighted by Crippen LogP contribution is -2.37. The lowest BCUT2D eigenvalue weighted by atomic mass is 9.97. The Morgan fingerprint density at radius 2 is 2.13 bits per heavy atom. The van der Waals surface area contributed by atoms with Crippen molar-refractivity contribution in [1.82, 2.24) is 10.2 Å². The minimum absolute atomic E-state index is 0.00351. The molecule has 2 N–H and O–H groups in total. The smallest absolute Gasteiger partial charge is 0.305 e. The van der Waals surface area contributed by atoms with Crippen LogP contribution in [0.5, 0.6) is 0 Å². The molecule has 0 aromatic heterocycles. The molecule has 1 heterocycles. The summed E-state index contributed by atoms with van der Waals surface area (Å²) in [4.78, 5) is 23.7. The zero-order chi connectivity index (χ0) is 11.4. The molecular weight excluding hydrogens is 196 g/mol. The number of carboxylic acid groups (broad SMARTS) is 1. The van der Waals surface area contributed by atoms with E-state index in [-0.39, 0.29) is 24.8 Å². The molecule has 1 rings (SSSR count). The quantitative estimate of drug-likeness (QED) is 0.678. The van der Waals surface area contributed by atoms with Crippen molar-refractivity contribution in [2.24, 2.45) is 11.8 Å². The van der Waals surface area contributed by atoms with Gasteiger partial charge in [-0.2, -0.15) is 0 Å². The summed E-state index contributed by atoms with van der Waals surface area (Å²) in [6.07, 6.45) is 0.0107. The molecule has 0 radical (unpaired) electrons. The summed E-state index contributed by atoms with van der Waals surface area (Å²) in [6.45, 7) is 3.89. The highest BCUT2D eigenvalue weighted by Gasteiger charge is 2.31. The standard InChI is InChI=1S/C10H18N2O3/c1-7-5-11-6-8(7)10(15)12(2)4-3-9(13)14/h7-8,11H,3-6H2,1-2H3,(H,13,14)/t7-,8-/m1/s1. The van der Waals surface area contributed by atoms with Gasteiger partial charge in [-0.25, -0.2) is 0 Å². The van der Waals surface area contributed by atoms with Crippen molar-refractivity contribution in [3.05, 3.63) is 0 Å². The highest BCUT2D eigenvalue weighted by atomic mass is 16.4. The van der Waals surface area contributed by atoms with Crippen LogP contribution in [-0.2, 0) is 9.59 Å². The second-order valence-electron chi connectivity index (χ2n) is 4.15. The van der Waals surface area contributed by atoms with Crippen molar-refractivity contribution in [2.45, 2.75) is 13.3 Å². The highest BCUT2D eigenvalue weighted by molar-refractivity contribution is 5.80. The molecule has 1 fully saturated rings. The molecule has 0 aliphatic carbocycles. The van der Waals surface area contributed by atoms with Crippen molar-refractivity contribution in [3.8, 4) is 0 Å². The van der Waals surface area contributed by atoms with E-state index in [1.54, 1.807) is 7.05 Å². The Balaban J connectivity index is 2.41. The molecule has 1 aliphatic heterocycles. The molecular formula is C10H18N2O3. The van der Waals surface area contributed by atoms with Gasteiger partial charge in [-0.15, -0.1) is 0 Å². The van der Waals surface area contributed by atoms with Gasteiger partial charge in [-0.05, 0) is 12.5 Å². The molecule has 0 spiro atoms. The Labute approximate surface area is 89.4 Å². The van der Waals surface area contributed by atoms with Gasteiger partial charge in [0.25, 0.3) is 0 Å². The molecule has 5 nitrogen and oxygen atoms in total. The van der Waals surface area contributed by atoms with Crippen molar-refractivity contribution in [3.63, 3.8) is 0 Å². The van der Waals surface area contributed by atoms with E-state index in [0.717, 1.165) is 6.54 Å². The van der Waals surface area contributed by atoms with Crippen molar-refractivity contribution in [2.75, 3.05) is 26.7 Å². The van der Waals surface area contributed by atoms with Crippen molar-refractivity contribution < 1.29 is 14.7 Å². The third-order valence-electron chi connectivity index (χ3n) is 2.87. The van der Waals surface area contributed by atoms with Gasteiger partial charge in [0.05, 0.1) is 12.3 Å². The van der Waals surface area contributed by atoms with Crippen LogP contribution in [0.2, 0.25) is 0 Å². The maximum Gasteiger partial charge on any atom is 0.305 e. The van der Waals surface area contributed by atoms with Crippen LogP contribution in [0.1, 0.15) is 13.3 Å². The zero-order valence-corrected chi connectivity index (χ0v) is 9.19. The molecule has 86 valence electrons. The summed E-state index contributed by atoms with van der Waals surface area (Å²) in [5.74, 6) is -0.477. The van der Waals surface area contributed by atoms with Crippen LogP contribution in [0.4, 0.5) is 0 Å². The SMILES string of the molecule is C[C@@H]1CNC[C@H]1C(=O)N(C)CCC(=O)O. The topological polar surface area (TPSA) is 69.6 Å². The summed E-state index contributed by atoms with van der Waals surface area (Å²) >= 11 is 0. The number of nitrogens with zero attached hydrogens (tertiary/aromatic N) is 1. The van der Waals surface area contributed by atoms with Gasteiger partial charge in [-0.1, -0.05) is 6.92 Å². The second-order valence-corrected chi connectivity index (χ2v) is 4.15. The Morgan fingerprint density at radius 3 is 2.60 bits per heavy atom. The van der Waals surface area contributed by atoms with Crippen LogP contribution in [0.25, 0.3) is 0 Å². The Kier molecular flexibility index (Phi) is 4.08. The number of rotatable bonds is 4. The van der Waals surface area contributed by atoms with Gasteiger partial charge in [0, 0.05) is 20.1 Å². The van der Waals surface area contributed by atoms with E-state index in [2.05, 4.69) is 5.32 Å². The number of amides is 1. The number of aliphatic carboxylic acids is 1. The molecule has 5 heteroatoms. The number of carboxylic acids is 1. The van der Waals surface area contributed by atoms with Crippen LogP contribution >= 0.6 is 0 Å². The average molecular weight is 214 g/mol. The number of carbonyl (C=O) groups is 2. The van der Waals surface area contributed by atoms with Crippen LogP contribution < -0.4 is 5.32 Å². The first-order chi connectivity index (χ1) is 7.02. The summed E-state index contributed by atoms with van der Waals surface area (Å²) in [7, 11) is 1.66. The normalized spacial score (nSPS) is 25.2. The lowest BCUT2D eigenvalue weighted by molar-refractivity contribution is -0.139. The summed E-state index contributed by atoms with van der Waals surface area (Å²) in [6, 6.07) is 0. The maximum atomic E-state index is 11.9. The predicted molar refractivity (Wildman–Crippen MR) is 55.4 cm³/mol. The Morgan fingerprint density at radius 1 is 1.47 bits per heavy atom. The van der Waals surface area contributed by atoms with Gasteiger partial charge < -0.3 is 15.3 Å². The number of hydrogen-bond donors (Lipinski definition) is 2. The molecule has 0 unspecified atom stereocenters. The van der Waals surface area contributed by atoms with E-state index < -0.39 is 5.97 Å². The second kappa shape index (κ2) is 5.11. The van der Waals surface area contributed by atoms with E-state index in [1.807, 2.05) is 6.92 Å². The lowest BCUT2D eigenvalue weighted by Gasteiger charge is -2.22. The van der Waals surface area contributed by atoms with E-state index in [1.165, 1.54) is 4.90 Å². The average Bonchev–Trinajstić information content (AvgIpc) is 2.59. The maximum absolute atomic E-state index is 11.9. The molecule has 0 bridgehead atoms. The number of nitrogens with one attached hydrogen (secondary N) is 1. The molecule has 1 amide bonds. The molecule has 0 aromatic carbocycles. The molecule has 0 saturated carbocycles. The van der Waals surface area contributed by atoms with E-state index in [4.69, 9.17) is 5.11 Å². The van der Waals surface area contributed by atoms with Gasteiger partial charge in [-0.3, -0.25) is 9.59 Å². The minimum atomic E-state index is -0.868. The van der Waals surface area contributed by atoms with Crippen molar-refractivity contribution >= 4 is 11.9 Å². The summed E-state index contributed by atoms with van der Waals surface area (Å²) < 4.78 is 0. The van der Waals surface area contributed by atoms with Crippen molar-refractivity contribution in [1.29, 1.82) is 0 Å². The first-order valence-corrected chi connectivity index (χ1v) is 5.20. The van der Waals surface area contributed by atoms with Gasteiger partial charge in [0.1, 0.15) is 0 Å². The van der Waals surface area contributed by atoms with Crippen LogP contribution in [-0.4, -0.2) is 48.6 Å². The minimum Gasteiger partial charge on any atom is -0.481 e. The van der Waals surface area contributed by atoms with Crippen LogP contribution in [0, 0.1) is 11.8 Å². The fraction of sp³-hybridized carbons (Fsp3) is 0.800. The van der Waals surface area contributed by atoms with E-state index in [9.17, 15) is 9.59 Å². The summed E-state index contributed by atoms with van der Waals surface area (Å²) in [5.41, 5.74) is 0. The number of carbonyl (C=O) groups excluding carboxylic acids is 1. The molecule has 15 heavy (non-hydrogen) atoms. The fourth-order valence-electron chi connectivity index (χ4n) is 1.80. The number of hydrogen-bond acceptors (Lipinski definition) is 3. The van der Waals surface area contributed by atoms with Crippen LogP contribution in [0.15, 0.2) is 0 Å². The zero-order valence-electron chi connectivity index (χ0n) is 9.19. The summed E-state index contributed by atoms with van der Waals surface area (Å²) in [5, 5.41) is 11.7. The Hall–Kier alpha value is -1.10. The highest BCUT2D eigenvalue weighted by Crippen LogP contribution is 2.17. The van der Waals surface area contributed by atoms with E-state index >= 15 is 0 Å². The van der Waals surface area contributed by atoms with Crippen LogP contribution in [0.3, 0.4) is 0 Å². The third-order valence-corrected chi connectivity index (χ3v) is 2.87. The predicted octanol–water partition coefficient (Wildman–Crippen LogP) is -0.225. The third kappa shape index (κ3) is 3.20. The molecule has 2 atom stereocenters. The monoisotopic (exact) mass is 214 g/mol. The Bertz CT molecular complexity index is 255. The molecule has 1 saturated heterocycles. The first-order valence-electron chi connectivity index (χ1n) is 5.20. The molecule has 0 aromatic rings. The van der Waals surface area contributed by atoms with Gasteiger partial charge >= 0.3 is 5.97 Å². The fourth-order valence-corrected chi connectivity index (χ4v) is 1.80. The van der Waals surface area contributed by atoms with E-state index in [0.29, 0.717) is 12.5 Å². The first kappa shape index (κ1) is 12.0. The van der Waals surface area contributed by atoms with Gasteiger partial charge in [0.15, 0.2) is 0 Å². The van der Waals surface area contributed by atoms with Gasteiger partial charge in [0.2, 0.25) is 5.91 Å². The molecule has 1 aliphatic rings. The largest absolute Gasteiger partial charge is 0.481 e.